The van der Waals surface area contributed by atoms with E-state index in [1.54, 1.807) is 36.4 Å². The van der Waals surface area contributed by atoms with Crippen LogP contribution in [0, 0.1) is 5.92 Å². The Bertz CT molecular complexity index is 1500. The summed E-state index contributed by atoms with van der Waals surface area (Å²) in [6.07, 6.45) is 1.54. The van der Waals surface area contributed by atoms with Crippen LogP contribution in [-0.4, -0.2) is 55.6 Å². The lowest BCUT2D eigenvalue weighted by molar-refractivity contribution is -0.131. The molecule has 38 heavy (non-hydrogen) atoms. The highest BCUT2D eigenvalue weighted by Gasteiger charge is 2.38. The number of hydrogen-bond acceptors (Lipinski definition) is 7. The topological polar surface area (TPSA) is 135 Å². The van der Waals surface area contributed by atoms with Gasteiger partial charge in [-0.25, -0.2) is 17.7 Å². The number of carbonyl (C=O) groups is 3. The zero-order valence-corrected chi connectivity index (χ0v) is 22.3. The molecule has 1 fully saturated rings. The summed E-state index contributed by atoms with van der Waals surface area (Å²) >= 11 is 12.3. The van der Waals surface area contributed by atoms with E-state index in [0.29, 0.717) is 20.6 Å². The molecule has 1 atom stereocenters. The van der Waals surface area contributed by atoms with Gasteiger partial charge in [-0.1, -0.05) is 29.3 Å². The van der Waals surface area contributed by atoms with Gasteiger partial charge < -0.3 is 15.4 Å². The number of aromatic nitrogens is 1. The summed E-state index contributed by atoms with van der Waals surface area (Å²) in [5.74, 6) is -2.36. The van der Waals surface area contributed by atoms with Crippen molar-refractivity contribution in [1.29, 1.82) is 0 Å². The van der Waals surface area contributed by atoms with Gasteiger partial charge in [-0.2, -0.15) is 0 Å². The minimum atomic E-state index is -4.55. The maximum atomic E-state index is 13.6. The second-order valence-electron chi connectivity index (χ2n) is 8.32. The molecule has 1 aromatic heterocycles. The fourth-order valence-corrected chi connectivity index (χ4v) is 5.75. The molecule has 1 unspecified atom stereocenters. The molecular formula is C25H22Cl2N4O6S. The lowest BCUT2D eigenvalue weighted by Gasteiger charge is -2.23. The van der Waals surface area contributed by atoms with Gasteiger partial charge >= 0.3 is 0 Å². The van der Waals surface area contributed by atoms with Crippen LogP contribution in [-0.2, 0) is 26.0 Å². The average molecular weight is 577 g/mol. The smallest absolute Gasteiger partial charge is 0.267 e. The van der Waals surface area contributed by atoms with Crippen LogP contribution in [0.3, 0.4) is 0 Å². The van der Waals surface area contributed by atoms with E-state index in [9.17, 15) is 22.8 Å². The van der Waals surface area contributed by atoms with Gasteiger partial charge in [0.1, 0.15) is 18.1 Å². The van der Waals surface area contributed by atoms with Gasteiger partial charge in [-0.3, -0.25) is 14.4 Å². The van der Waals surface area contributed by atoms with Crippen molar-refractivity contribution in [2.45, 2.75) is 11.3 Å². The first-order valence-corrected chi connectivity index (χ1v) is 13.5. The predicted octanol–water partition coefficient (Wildman–Crippen LogP) is 3.16. The maximum absolute atomic E-state index is 13.6. The minimum Gasteiger partial charge on any atom is -0.496 e. The standard InChI is InChI=1S/C25H22Cl2N4O6S/c1-37-21-8-5-17(26)11-15(21)10-16-13-29-23(32)14-31(25(16)34)38(35,36)18-6-7-20(27)19(12-18)24(33)30-22-4-2-3-9-28-22/h2-9,11-12,16H,10,13-14H2,1H3,(H,29,32)(H,28,30,33). The summed E-state index contributed by atoms with van der Waals surface area (Å²) in [5, 5.41) is 5.52. The molecule has 1 aliphatic heterocycles. The molecule has 0 bridgehead atoms. The van der Waals surface area contributed by atoms with E-state index >= 15 is 0 Å². The average Bonchev–Trinajstić information content (AvgIpc) is 3.03. The maximum Gasteiger partial charge on any atom is 0.267 e. The molecule has 2 heterocycles. The van der Waals surface area contributed by atoms with E-state index in [1.165, 1.54) is 25.4 Å². The number of ether oxygens (including phenoxy) is 1. The number of carbonyl (C=O) groups excluding carboxylic acids is 3. The highest BCUT2D eigenvalue weighted by Crippen LogP contribution is 2.29. The van der Waals surface area contributed by atoms with E-state index in [2.05, 4.69) is 15.6 Å². The Kier molecular flexibility index (Phi) is 8.20. The molecule has 3 aromatic rings. The molecular weight excluding hydrogens is 555 g/mol. The van der Waals surface area contributed by atoms with Crippen molar-refractivity contribution in [2.75, 3.05) is 25.5 Å². The summed E-state index contributed by atoms with van der Waals surface area (Å²) in [6, 6.07) is 13.2. The summed E-state index contributed by atoms with van der Waals surface area (Å²) < 4.78 is 33.1. The third-order valence-electron chi connectivity index (χ3n) is 5.81. The molecule has 1 aliphatic rings. The predicted molar refractivity (Wildman–Crippen MR) is 141 cm³/mol. The van der Waals surface area contributed by atoms with Crippen LogP contribution in [0.5, 0.6) is 5.75 Å². The molecule has 4 rings (SSSR count). The zero-order chi connectivity index (χ0) is 27.4. The van der Waals surface area contributed by atoms with Crippen LogP contribution < -0.4 is 15.4 Å². The van der Waals surface area contributed by atoms with Gasteiger partial charge in [0.05, 0.1) is 28.5 Å². The van der Waals surface area contributed by atoms with Gasteiger partial charge in [0.15, 0.2) is 0 Å². The van der Waals surface area contributed by atoms with Crippen LogP contribution in [0.1, 0.15) is 15.9 Å². The molecule has 1 saturated heterocycles. The molecule has 0 aliphatic carbocycles. The molecule has 13 heteroatoms. The van der Waals surface area contributed by atoms with Crippen molar-refractivity contribution in [3.05, 3.63) is 82.0 Å². The van der Waals surface area contributed by atoms with Gasteiger partial charge in [-0.15, -0.1) is 0 Å². The van der Waals surface area contributed by atoms with Crippen LogP contribution in [0.25, 0.3) is 0 Å². The SMILES string of the molecule is COc1ccc(Cl)cc1CC1CNC(=O)CN(S(=O)(=O)c2ccc(Cl)c(C(=O)Nc3ccccn3)c2)C1=O. The van der Waals surface area contributed by atoms with Crippen molar-refractivity contribution < 1.29 is 27.5 Å². The second kappa shape index (κ2) is 11.4. The lowest BCUT2D eigenvalue weighted by atomic mass is 9.98. The van der Waals surface area contributed by atoms with Crippen LogP contribution in [0.4, 0.5) is 5.82 Å². The molecule has 0 saturated carbocycles. The van der Waals surface area contributed by atoms with Crippen molar-refractivity contribution in [2.24, 2.45) is 5.92 Å². The highest BCUT2D eigenvalue weighted by atomic mass is 35.5. The summed E-state index contributed by atoms with van der Waals surface area (Å²) in [7, 11) is -3.09. The number of pyridine rings is 1. The van der Waals surface area contributed by atoms with Crippen LogP contribution in [0.15, 0.2) is 65.7 Å². The molecule has 10 nitrogen and oxygen atoms in total. The summed E-state index contributed by atoms with van der Waals surface area (Å²) in [5.41, 5.74) is 0.428. The molecule has 198 valence electrons. The van der Waals surface area contributed by atoms with Crippen molar-refractivity contribution in [3.8, 4) is 5.75 Å². The molecule has 0 spiro atoms. The van der Waals surface area contributed by atoms with Gasteiger partial charge in [-0.05, 0) is 60.5 Å². The first kappa shape index (κ1) is 27.4. The minimum absolute atomic E-state index is 0.0109. The number of benzene rings is 2. The number of nitrogens with zero attached hydrogens (tertiary/aromatic N) is 2. The van der Waals surface area contributed by atoms with Crippen molar-refractivity contribution in [3.63, 3.8) is 0 Å². The number of amides is 3. The third kappa shape index (κ3) is 5.90. The number of methoxy groups -OCH3 is 1. The Morgan fingerprint density at radius 2 is 1.95 bits per heavy atom. The van der Waals surface area contributed by atoms with Gasteiger partial charge in [0.25, 0.3) is 15.9 Å². The number of sulfonamides is 1. The van der Waals surface area contributed by atoms with E-state index in [1.807, 2.05) is 0 Å². The fraction of sp³-hybridized carbons (Fsp3) is 0.200. The Balaban J connectivity index is 1.65. The Morgan fingerprint density at radius 1 is 1.16 bits per heavy atom. The summed E-state index contributed by atoms with van der Waals surface area (Å²) in [6.45, 7) is -0.805. The van der Waals surface area contributed by atoms with Crippen molar-refractivity contribution >= 4 is 56.8 Å². The first-order chi connectivity index (χ1) is 18.1. The number of anilines is 1. The Morgan fingerprint density at radius 3 is 2.66 bits per heavy atom. The number of rotatable bonds is 7. The largest absolute Gasteiger partial charge is 0.496 e. The summed E-state index contributed by atoms with van der Waals surface area (Å²) in [4.78, 5) is 42.3. The van der Waals surface area contributed by atoms with E-state index in [4.69, 9.17) is 27.9 Å². The molecule has 0 radical (unpaired) electrons. The fourth-order valence-electron chi connectivity index (χ4n) is 3.91. The Hall–Kier alpha value is -3.67. The lowest BCUT2D eigenvalue weighted by Crippen LogP contribution is -2.42. The first-order valence-electron chi connectivity index (χ1n) is 11.3. The number of hydrogen-bond donors (Lipinski definition) is 2. The van der Waals surface area contributed by atoms with Crippen molar-refractivity contribution in [1.82, 2.24) is 14.6 Å². The van der Waals surface area contributed by atoms with Gasteiger partial charge in [0.2, 0.25) is 11.8 Å². The van der Waals surface area contributed by atoms with Crippen LogP contribution >= 0.6 is 23.2 Å². The van der Waals surface area contributed by atoms with Gasteiger partial charge in [0, 0.05) is 17.8 Å². The third-order valence-corrected chi connectivity index (χ3v) is 8.12. The van der Waals surface area contributed by atoms with E-state index in [0.717, 1.165) is 6.07 Å². The Labute approximate surface area is 229 Å². The van der Waals surface area contributed by atoms with Crippen LogP contribution in [0.2, 0.25) is 10.0 Å². The molecule has 2 N–H and O–H groups in total. The number of nitrogens with one attached hydrogen (secondary N) is 2. The normalized spacial score (nSPS) is 16.0. The van der Waals surface area contributed by atoms with E-state index in [-0.39, 0.29) is 34.3 Å². The quantitative estimate of drug-likeness (QED) is 0.441. The molecule has 3 amide bonds. The van der Waals surface area contributed by atoms with E-state index < -0.39 is 40.2 Å². The number of halogens is 2. The molecule has 2 aromatic carbocycles. The monoisotopic (exact) mass is 576 g/mol. The highest BCUT2D eigenvalue weighted by molar-refractivity contribution is 7.89. The second-order valence-corrected chi connectivity index (χ2v) is 11.0. The zero-order valence-electron chi connectivity index (χ0n) is 20.0.